The van der Waals surface area contributed by atoms with Crippen LogP contribution >= 0.6 is 23.6 Å². The molecule has 4 nitrogen and oxygen atoms in total. The maximum Gasteiger partial charge on any atom is 0.210 e. The highest BCUT2D eigenvalue weighted by atomic mass is 32.1. The van der Waals surface area contributed by atoms with E-state index in [2.05, 4.69) is 17.1 Å². The Labute approximate surface area is 144 Å². The molecule has 0 amide bonds. The second-order valence-corrected chi connectivity index (χ2v) is 6.90. The number of hydrogen-bond donors (Lipinski definition) is 1. The molecule has 0 fully saturated rings. The normalized spacial score (nSPS) is 15.3. The van der Waals surface area contributed by atoms with Gasteiger partial charge in [-0.25, -0.2) is 0 Å². The summed E-state index contributed by atoms with van der Waals surface area (Å²) in [5, 5.41) is 18.6. The zero-order valence-electron chi connectivity index (χ0n) is 12.8. The molecule has 0 radical (unpaired) electrons. The van der Waals surface area contributed by atoms with Crippen LogP contribution in [0.1, 0.15) is 30.2 Å². The number of benzene rings is 1. The standard InChI is InChI=1S/C17H17N3OS2/c1-2-3-9-20-16(21)14(23-17(20)22)10-13-11-18-19-15(13)12-7-5-4-6-8-12/h4-8,10-11,21H,2-3,9H2,1H3/b13-10-. The summed E-state index contributed by atoms with van der Waals surface area (Å²) in [5.74, 6) is 0.230. The highest BCUT2D eigenvalue weighted by molar-refractivity contribution is 7.73. The average Bonchev–Trinajstić information content (AvgIpc) is 3.13. The van der Waals surface area contributed by atoms with Gasteiger partial charge in [-0.3, -0.25) is 4.57 Å². The Kier molecular flexibility index (Phi) is 4.83. The third-order valence-corrected chi connectivity index (χ3v) is 4.98. The molecular weight excluding hydrogens is 326 g/mol. The van der Waals surface area contributed by atoms with Crippen molar-refractivity contribution in [2.24, 2.45) is 10.2 Å². The number of rotatable bonds is 5. The molecule has 2 aromatic rings. The van der Waals surface area contributed by atoms with Gasteiger partial charge in [0.05, 0.1) is 11.1 Å². The van der Waals surface area contributed by atoms with E-state index in [1.165, 1.54) is 11.3 Å². The van der Waals surface area contributed by atoms with Gasteiger partial charge < -0.3 is 5.11 Å². The van der Waals surface area contributed by atoms with Crippen LogP contribution in [-0.4, -0.2) is 21.6 Å². The molecule has 0 saturated carbocycles. The summed E-state index contributed by atoms with van der Waals surface area (Å²) in [5.41, 5.74) is 2.69. The van der Waals surface area contributed by atoms with Crippen molar-refractivity contribution in [1.29, 1.82) is 0 Å². The molecule has 0 unspecified atom stereocenters. The van der Waals surface area contributed by atoms with Gasteiger partial charge >= 0.3 is 0 Å². The molecule has 1 aromatic heterocycles. The molecule has 3 rings (SSSR count). The molecule has 0 saturated heterocycles. The first-order valence-corrected chi connectivity index (χ1v) is 8.74. The molecule has 6 heteroatoms. The van der Waals surface area contributed by atoms with Crippen LogP contribution in [0.3, 0.4) is 0 Å². The molecule has 23 heavy (non-hydrogen) atoms. The van der Waals surface area contributed by atoms with Crippen LogP contribution in [0.15, 0.2) is 46.1 Å². The number of nitrogens with zero attached hydrogens (tertiary/aromatic N) is 3. The van der Waals surface area contributed by atoms with Crippen LogP contribution in [-0.2, 0) is 6.54 Å². The largest absolute Gasteiger partial charge is 0.493 e. The first kappa shape index (κ1) is 15.8. The summed E-state index contributed by atoms with van der Waals surface area (Å²) in [6.07, 6.45) is 5.67. The van der Waals surface area contributed by atoms with E-state index in [0.717, 1.165) is 41.1 Å². The zero-order valence-corrected chi connectivity index (χ0v) is 14.4. The predicted octanol–water partition coefficient (Wildman–Crippen LogP) is 4.66. The molecule has 1 aliphatic heterocycles. The molecule has 0 aliphatic carbocycles. The van der Waals surface area contributed by atoms with E-state index in [9.17, 15) is 5.11 Å². The second kappa shape index (κ2) is 7.02. The molecule has 1 aromatic carbocycles. The van der Waals surface area contributed by atoms with E-state index >= 15 is 0 Å². The van der Waals surface area contributed by atoms with Crippen molar-refractivity contribution >= 4 is 41.6 Å². The summed E-state index contributed by atoms with van der Waals surface area (Å²) < 4.78 is 2.48. The third kappa shape index (κ3) is 3.33. The molecule has 0 spiro atoms. The molecular formula is C17H17N3OS2. The van der Waals surface area contributed by atoms with Crippen LogP contribution in [0.25, 0.3) is 6.08 Å². The van der Waals surface area contributed by atoms with Gasteiger partial charge in [0.1, 0.15) is 5.71 Å². The minimum absolute atomic E-state index is 0.230. The average molecular weight is 343 g/mol. The van der Waals surface area contributed by atoms with Gasteiger partial charge in [0, 0.05) is 17.7 Å². The lowest BCUT2D eigenvalue weighted by atomic mass is 10.0. The Balaban J connectivity index is 1.94. The Morgan fingerprint density at radius 1 is 1.30 bits per heavy atom. The number of unbranched alkanes of at least 4 members (excludes halogenated alkanes) is 1. The molecule has 1 N–H and O–H groups in total. The van der Waals surface area contributed by atoms with E-state index < -0.39 is 0 Å². The molecule has 1 aliphatic rings. The van der Waals surface area contributed by atoms with Gasteiger partial charge in [0.25, 0.3) is 0 Å². The lowest BCUT2D eigenvalue weighted by molar-refractivity contribution is 0.410. The molecule has 0 bridgehead atoms. The number of aromatic hydroxyl groups is 1. The number of thiazole rings is 1. The molecule has 118 valence electrons. The lowest BCUT2D eigenvalue weighted by Crippen LogP contribution is -2.01. The maximum atomic E-state index is 10.4. The number of allylic oxidation sites excluding steroid dienone is 1. The highest BCUT2D eigenvalue weighted by Gasteiger charge is 2.16. The van der Waals surface area contributed by atoms with Crippen molar-refractivity contribution in [3.05, 3.63) is 50.3 Å². The van der Waals surface area contributed by atoms with Crippen LogP contribution < -0.4 is 0 Å². The van der Waals surface area contributed by atoms with Crippen molar-refractivity contribution in [3.8, 4) is 5.88 Å². The summed E-state index contributed by atoms with van der Waals surface area (Å²) in [7, 11) is 0. The Bertz CT molecular complexity index is 844. The molecule has 2 heterocycles. The Morgan fingerprint density at radius 3 is 2.83 bits per heavy atom. The van der Waals surface area contributed by atoms with E-state index in [0.29, 0.717) is 3.95 Å². The minimum atomic E-state index is 0.230. The van der Waals surface area contributed by atoms with Gasteiger partial charge in [0.15, 0.2) is 3.95 Å². The fourth-order valence-electron chi connectivity index (χ4n) is 2.36. The smallest absolute Gasteiger partial charge is 0.210 e. The topological polar surface area (TPSA) is 49.9 Å². The Morgan fingerprint density at radius 2 is 2.09 bits per heavy atom. The van der Waals surface area contributed by atoms with Crippen LogP contribution in [0, 0.1) is 3.95 Å². The van der Waals surface area contributed by atoms with Crippen molar-refractivity contribution in [3.63, 3.8) is 0 Å². The highest BCUT2D eigenvalue weighted by Crippen LogP contribution is 2.30. The molecule has 0 atom stereocenters. The maximum absolute atomic E-state index is 10.4. The van der Waals surface area contributed by atoms with Gasteiger partial charge in [-0.2, -0.15) is 5.10 Å². The van der Waals surface area contributed by atoms with E-state index in [1.54, 1.807) is 10.8 Å². The quantitative estimate of drug-likeness (QED) is 0.803. The summed E-state index contributed by atoms with van der Waals surface area (Å²) in [6, 6.07) is 9.90. The SMILES string of the molecule is CCCCn1c(O)c(/C=C2/C=NN=C2c2ccccc2)sc1=S. The fourth-order valence-corrected chi connectivity index (χ4v) is 3.67. The van der Waals surface area contributed by atoms with Crippen molar-refractivity contribution in [2.75, 3.05) is 0 Å². The summed E-state index contributed by atoms with van der Waals surface area (Å²) >= 11 is 6.78. The lowest BCUT2D eigenvalue weighted by Gasteiger charge is -2.03. The van der Waals surface area contributed by atoms with E-state index in [-0.39, 0.29) is 5.88 Å². The first-order chi connectivity index (χ1) is 11.2. The van der Waals surface area contributed by atoms with Crippen LogP contribution in [0.5, 0.6) is 5.88 Å². The monoisotopic (exact) mass is 343 g/mol. The Hall–Kier alpha value is -2.05. The minimum Gasteiger partial charge on any atom is -0.493 e. The van der Waals surface area contributed by atoms with Crippen molar-refractivity contribution < 1.29 is 5.11 Å². The van der Waals surface area contributed by atoms with E-state index in [4.69, 9.17) is 12.2 Å². The van der Waals surface area contributed by atoms with Crippen LogP contribution in [0.4, 0.5) is 0 Å². The van der Waals surface area contributed by atoms with Gasteiger partial charge in [-0.1, -0.05) is 43.7 Å². The summed E-state index contributed by atoms with van der Waals surface area (Å²) in [6.45, 7) is 2.86. The third-order valence-electron chi connectivity index (χ3n) is 3.59. The number of hydrogen-bond acceptors (Lipinski definition) is 5. The first-order valence-electron chi connectivity index (χ1n) is 7.52. The fraction of sp³-hybridized carbons (Fsp3) is 0.235. The van der Waals surface area contributed by atoms with Crippen molar-refractivity contribution in [1.82, 2.24) is 4.57 Å². The van der Waals surface area contributed by atoms with Gasteiger partial charge in [0.2, 0.25) is 5.88 Å². The zero-order chi connectivity index (χ0) is 16.2. The predicted molar refractivity (Wildman–Crippen MR) is 99.2 cm³/mol. The second-order valence-electron chi connectivity index (χ2n) is 5.22. The van der Waals surface area contributed by atoms with Crippen molar-refractivity contribution in [2.45, 2.75) is 26.3 Å². The van der Waals surface area contributed by atoms with Gasteiger partial charge in [-0.15, -0.1) is 16.4 Å². The number of aromatic nitrogens is 1. The summed E-state index contributed by atoms with van der Waals surface area (Å²) in [4.78, 5) is 0.748. The van der Waals surface area contributed by atoms with Gasteiger partial charge in [-0.05, 0) is 24.7 Å². The van der Waals surface area contributed by atoms with E-state index in [1.807, 2.05) is 36.4 Å². The van der Waals surface area contributed by atoms with Crippen LogP contribution in [0.2, 0.25) is 0 Å².